The zero-order valence-electron chi connectivity index (χ0n) is 14.0. The van der Waals surface area contributed by atoms with Crippen LogP contribution < -0.4 is 10.6 Å². The molecule has 0 aliphatic heterocycles. The zero-order valence-corrected chi connectivity index (χ0v) is 15.8. The summed E-state index contributed by atoms with van der Waals surface area (Å²) in [6, 6.07) is 2.27. The molecule has 0 rings (SSSR count). The molecule has 12 heteroatoms. The molecule has 0 spiro atoms. The number of nitrogens with one attached hydrogen (secondary N) is 2. The largest absolute Gasteiger partial charge is 0.506 e. The summed E-state index contributed by atoms with van der Waals surface area (Å²) in [5.74, 6) is -0.490. The number of rotatable bonds is 11. The topological polar surface area (TPSA) is 161 Å². The fourth-order valence-corrected chi connectivity index (χ4v) is 2.12. The molecule has 24 heavy (non-hydrogen) atoms. The number of carbonyl (C=O) groups excluding carboxylic acids is 1. The zero-order chi connectivity index (χ0) is 18.8. The SMILES string of the molecule is CC(CNCC[P+](=O)O)N=C=NC(C)(C)C(=O)NCCP(=O)(O)O. The van der Waals surface area contributed by atoms with Gasteiger partial charge in [-0.25, -0.2) is 9.98 Å². The smallest absolute Gasteiger partial charge is 0.353 e. The van der Waals surface area contributed by atoms with E-state index in [0.717, 1.165) is 0 Å². The summed E-state index contributed by atoms with van der Waals surface area (Å²) in [7, 11) is -6.30. The quantitative estimate of drug-likeness (QED) is 0.190. The van der Waals surface area contributed by atoms with Gasteiger partial charge in [0, 0.05) is 19.6 Å². The lowest BCUT2D eigenvalue weighted by Crippen LogP contribution is -2.41. The molecule has 0 aliphatic carbocycles. The molecule has 0 aliphatic rings. The minimum atomic E-state index is -4.15. The van der Waals surface area contributed by atoms with Gasteiger partial charge in [-0.2, -0.15) is 4.89 Å². The number of amides is 1. The molecule has 1 amide bonds. The van der Waals surface area contributed by atoms with Crippen LogP contribution in [0.5, 0.6) is 0 Å². The molecule has 0 fully saturated rings. The van der Waals surface area contributed by atoms with Crippen LogP contribution in [-0.2, 0) is 13.9 Å². The lowest BCUT2D eigenvalue weighted by atomic mass is 10.1. The molecule has 138 valence electrons. The van der Waals surface area contributed by atoms with E-state index in [0.29, 0.717) is 13.1 Å². The van der Waals surface area contributed by atoms with Crippen molar-refractivity contribution < 1.29 is 28.6 Å². The summed E-state index contributed by atoms with van der Waals surface area (Å²) in [5, 5.41) is 5.36. The van der Waals surface area contributed by atoms with Gasteiger partial charge in [-0.1, -0.05) is 0 Å². The van der Waals surface area contributed by atoms with Crippen molar-refractivity contribution in [1.82, 2.24) is 10.6 Å². The van der Waals surface area contributed by atoms with Crippen LogP contribution in [0.1, 0.15) is 20.8 Å². The van der Waals surface area contributed by atoms with Crippen molar-refractivity contribution in [3.05, 3.63) is 0 Å². The summed E-state index contributed by atoms with van der Waals surface area (Å²) >= 11 is 0. The standard InChI is InChI=1S/C12H24N4O6P2/c1-10(8-13-4-6-23(18)19)15-9-16-12(2,3)11(17)14-5-7-24(20,21)22/h10,13H,4-8H2,1-3H3,(H3-,14,17,18,19,20,21,22)/p+1. The average Bonchev–Trinajstić information content (AvgIpc) is 2.41. The molecule has 0 radical (unpaired) electrons. The normalized spacial score (nSPS) is 13.7. The van der Waals surface area contributed by atoms with Crippen LogP contribution in [0.25, 0.3) is 0 Å². The van der Waals surface area contributed by atoms with E-state index in [1.54, 1.807) is 6.92 Å². The van der Waals surface area contributed by atoms with E-state index in [1.807, 2.05) is 0 Å². The first-order chi connectivity index (χ1) is 10.9. The molecule has 0 saturated carbocycles. The van der Waals surface area contributed by atoms with Gasteiger partial charge in [0.1, 0.15) is 5.54 Å². The van der Waals surface area contributed by atoms with Gasteiger partial charge >= 0.3 is 15.6 Å². The Labute approximate surface area is 141 Å². The van der Waals surface area contributed by atoms with Crippen molar-refractivity contribution in [2.45, 2.75) is 32.4 Å². The maximum Gasteiger partial charge on any atom is 0.506 e. The number of hydrogen-bond donors (Lipinski definition) is 5. The number of aliphatic imine (C=N–C) groups is 2. The minimum Gasteiger partial charge on any atom is -0.353 e. The van der Waals surface area contributed by atoms with Crippen LogP contribution in [-0.4, -0.2) is 70.1 Å². The van der Waals surface area contributed by atoms with Gasteiger partial charge in [-0.05, 0) is 25.3 Å². The van der Waals surface area contributed by atoms with Crippen LogP contribution >= 0.6 is 15.6 Å². The molecule has 0 aromatic rings. The molecule has 0 bridgehead atoms. The highest BCUT2D eigenvalue weighted by atomic mass is 31.2. The Morgan fingerprint density at radius 2 is 2.00 bits per heavy atom. The first-order valence-corrected chi connectivity index (χ1v) is 10.5. The molecule has 2 unspecified atom stereocenters. The predicted octanol–water partition coefficient (Wildman–Crippen LogP) is -0.0544. The molecule has 5 N–H and O–H groups in total. The van der Waals surface area contributed by atoms with Crippen molar-refractivity contribution >= 4 is 27.5 Å². The van der Waals surface area contributed by atoms with Gasteiger partial charge in [0.15, 0.2) is 6.16 Å². The Morgan fingerprint density at radius 3 is 2.54 bits per heavy atom. The Bertz CT molecular complexity index is 542. The lowest BCUT2D eigenvalue weighted by molar-refractivity contribution is -0.124. The van der Waals surface area contributed by atoms with Crippen molar-refractivity contribution in [1.29, 1.82) is 0 Å². The minimum absolute atomic E-state index is 0.146. The number of carbonyl (C=O) groups is 1. The highest BCUT2D eigenvalue weighted by Crippen LogP contribution is 2.32. The second kappa shape index (κ2) is 10.8. The van der Waals surface area contributed by atoms with Crippen LogP contribution in [0.3, 0.4) is 0 Å². The molecule has 0 saturated heterocycles. The van der Waals surface area contributed by atoms with Gasteiger partial charge in [0.25, 0.3) is 0 Å². The monoisotopic (exact) mass is 383 g/mol. The molecular formula is C12H25N4O6P2+. The lowest BCUT2D eigenvalue weighted by Gasteiger charge is -2.17. The molecule has 2 atom stereocenters. The Balaban J connectivity index is 4.34. The third kappa shape index (κ3) is 12.4. The van der Waals surface area contributed by atoms with Crippen LogP contribution in [0.4, 0.5) is 0 Å². The molecule has 10 nitrogen and oxygen atoms in total. The fourth-order valence-electron chi connectivity index (χ4n) is 1.37. The van der Waals surface area contributed by atoms with Gasteiger partial charge in [-0.3, -0.25) is 9.36 Å². The summed E-state index contributed by atoms with van der Waals surface area (Å²) in [6.07, 6.45) is -0.267. The molecule has 0 aromatic heterocycles. The van der Waals surface area contributed by atoms with Crippen LogP contribution in [0.15, 0.2) is 9.98 Å². The maximum absolute atomic E-state index is 11.9. The third-order valence-electron chi connectivity index (χ3n) is 2.77. The van der Waals surface area contributed by atoms with E-state index in [4.69, 9.17) is 14.7 Å². The van der Waals surface area contributed by atoms with Crippen molar-refractivity contribution in [2.75, 3.05) is 32.0 Å². The van der Waals surface area contributed by atoms with E-state index in [2.05, 4.69) is 26.6 Å². The van der Waals surface area contributed by atoms with Crippen molar-refractivity contribution in [3.8, 4) is 0 Å². The maximum atomic E-state index is 11.9. The second-order valence-corrected chi connectivity index (χ2v) is 8.60. The second-order valence-electron chi connectivity index (χ2n) is 5.67. The highest BCUT2D eigenvalue weighted by Gasteiger charge is 2.26. The van der Waals surface area contributed by atoms with Gasteiger partial charge in [-0.15, -0.1) is 0 Å². The summed E-state index contributed by atoms with van der Waals surface area (Å²) in [5.41, 5.74) is -1.17. The Kier molecular flexibility index (Phi) is 10.4. The predicted molar refractivity (Wildman–Crippen MR) is 90.9 cm³/mol. The summed E-state index contributed by atoms with van der Waals surface area (Å²) < 4.78 is 21.2. The molecule has 0 heterocycles. The van der Waals surface area contributed by atoms with Gasteiger partial charge < -0.3 is 20.4 Å². The van der Waals surface area contributed by atoms with Gasteiger partial charge in [0.05, 0.1) is 18.2 Å². The van der Waals surface area contributed by atoms with Crippen LogP contribution in [0, 0.1) is 0 Å². The summed E-state index contributed by atoms with van der Waals surface area (Å²) in [4.78, 5) is 45.9. The van der Waals surface area contributed by atoms with E-state index in [9.17, 15) is 13.9 Å². The van der Waals surface area contributed by atoms with E-state index in [-0.39, 0.29) is 18.7 Å². The first kappa shape index (κ1) is 23.0. The Morgan fingerprint density at radius 1 is 1.38 bits per heavy atom. The number of nitrogens with zero attached hydrogens (tertiary/aromatic N) is 2. The average molecular weight is 383 g/mol. The molecular weight excluding hydrogens is 358 g/mol. The van der Waals surface area contributed by atoms with Gasteiger partial charge in [0.2, 0.25) is 5.91 Å². The van der Waals surface area contributed by atoms with E-state index in [1.165, 1.54) is 13.8 Å². The highest BCUT2D eigenvalue weighted by molar-refractivity contribution is 7.51. The van der Waals surface area contributed by atoms with Crippen molar-refractivity contribution in [3.63, 3.8) is 0 Å². The first-order valence-electron chi connectivity index (χ1n) is 7.28. The number of hydrogen-bond acceptors (Lipinski definition) is 6. The van der Waals surface area contributed by atoms with Crippen molar-refractivity contribution in [2.24, 2.45) is 9.98 Å². The fraction of sp³-hybridized carbons (Fsp3) is 0.833. The molecule has 0 aromatic carbocycles. The van der Waals surface area contributed by atoms with E-state index < -0.39 is 33.2 Å². The summed E-state index contributed by atoms with van der Waals surface area (Å²) in [6.45, 7) is 5.58. The van der Waals surface area contributed by atoms with E-state index >= 15 is 0 Å². The van der Waals surface area contributed by atoms with Crippen LogP contribution in [0.2, 0.25) is 0 Å². The third-order valence-corrected chi connectivity index (χ3v) is 4.18. The Hall–Kier alpha value is -0.980.